The van der Waals surface area contributed by atoms with Crippen LogP contribution in [0.5, 0.6) is 0 Å². The predicted molar refractivity (Wildman–Crippen MR) is 96.1 cm³/mol. The Labute approximate surface area is 145 Å². The molecule has 6 nitrogen and oxygen atoms in total. The second kappa shape index (κ2) is 7.85. The van der Waals surface area contributed by atoms with Crippen molar-refractivity contribution in [3.8, 4) is 0 Å². The SMILES string of the molecule is O=S1(=O)CCC(NC(=NCc2cccs2)NCCc2ccco2)C1. The van der Waals surface area contributed by atoms with E-state index in [0.29, 0.717) is 25.5 Å². The first-order valence-electron chi connectivity index (χ1n) is 7.91. The molecule has 0 spiro atoms. The first kappa shape index (κ1) is 17.0. The molecule has 0 aromatic carbocycles. The first-order valence-corrected chi connectivity index (χ1v) is 10.6. The van der Waals surface area contributed by atoms with Crippen LogP contribution in [0.25, 0.3) is 0 Å². The summed E-state index contributed by atoms with van der Waals surface area (Å²) in [5.41, 5.74) is 0. The van der Waals surface area contributed by atoms with Gasteiger partial charge < -0.3 is 15.1 Å². The molecule has 3 heterocycles. The summed E-state index contributed by atoms with van der Waals surface area (Å²) in [4.78, 5) is 5.74. The minimum absolute atomic E-state index is 0.0757. The number of guanidine groups is 1. The Morgan fingerprint density at radius 3 is 2.96 bits per heavy atom. The highest BCUT2D eigenvalue weighted by atomic mass is 32.2. The van der Waals surface area contributed by atoms with E-state index < -0.39 is 9.84 Å². The molecule has 1 aliphatic heterocycles. The van der Waals surface area contributed by atoms with Crippen molar-refractivity contribution in [1.29, 1.82) is 0 Å². The fourth-order valence-corrected chi connectivity index (χ4v) is 4.87. The van der Waals surface area contributed by atoms with Crippen LogP contribution in [-0.2, 0) is 22.8 Å². The number of furan rings is 1. The lowest BCUT2D eigenvalue weighted by Crippen LogP contribution is -2.44. The highest BCUT2D eigenvalue weighted by molar-refractivity contribution is 7.91. The highest BCUT2D eigenvalue weighted by Crippen LogP contribution is 2.12. The van der Waals surface area contributed by atoms with Crippen LogP contribution in [0.1, 0.15) is 17.1 Å². The number of aliphatic imine (C=N–C) groups is 1. The minimum atomic E-state index is -2.91. The summed E-state index contributed by atoms with van der Waals surface area (Å²) in [6, 6.07) is 7.75. The van der Waals surface area contributed by atoms with Crippen LogP contribution >= 0.6 is 11.3 Å². The summed E-state index contributed by atoms with van der Waals surface area (Å²) >= 11 is 1.66. The van der Waals surface area contributed by atoms with Crippen molar-refractivity contribution in [2.24, 2.45) is 4.99 Å². The van der Waals surface area contributed by atoms with Gasteiger partial charge in [0.15, 0.2) is 15.8 Å². The van der Waals surface area contributed by atoms with Gasteiger partial charge in [-0.05, 0) is 30.0 Å². The van der Waals surface area contributed by atoms with Gasteiger partial charge in [-0.3, -0.25) is 0 Å². The molecule has 1 saturated heterocycles. The van der Waals surface area contributed by atoms with Gasteiger partial charge in [-0.1, -0.05) is 6.07 Å². The number of hydrogen-bond acceptors (Lipinski definition) is 5. The average Bonchev–Trinajstić information content (AvgIpc) is 3.27. The quantitative estimate of drug-likeness (QED) is 0.601. The summed E-state index contributed by atoms with van der Waals surface area (Å²) in [5, 5.41) is 8.53. The number of rotatable bonds is 6. The molecule has 0 saturated carbocycles. The Balaban J connectivity index is 1.58. The van der Waals surface area contributed by atoms with E-state index in [1.165, 1.54) is 4.88 Å². The normalized spacial score (nSPS) is 20.2. The molecule has 1 fully saturated rings. The molecule has 0 amide bonds. The number of nitrogens with one attached hydrogen (secondary N) is 2. The lowest BCUT2D eigenvalue weighted by atomic mass is 10.3. The van der Waals surface area contributed by atoms with E-state index in [2.05, 4.69) is 15.6 Å². The molecule has 1 atom stereocenters. The molecule has 2 aromatic rings. The van der Waals surface area contributed by atoms with Crippen LogP contribution in [0.2, 0.25) is 0 Å². The van der Waals surface area contributed by atoms with Crippen molar-refractivity contribution in [3.05, 3.63) is 46.5 Å². The van der Waals surface area contributed by atoms with E-state index in [9.17, 15) is 8.42 Å². The van der Waals surface area contributed by atoms with Crippen molar-refractivity contribution >= 4 is 27.1 Å². The number of thiophene rings is 1. The van der Waals surface area contributed by atoms with E-state index in [1.807, 2.05) is 29.6 Å². The third kappa shape index (κ3) is 5.10. The Bertz CT molecular complexity index is 753. The largest absolute Gasteiger partial charge is 0.469 e. The average molecular weight is 367 g/mol. The van der Waals surface area contributed by atoms with Crippen molar-refractivity contribution < 1.29 is 12.8 Å². The third-order valence-corrected chi connectivity index (χ3v) is 6.42. The van der Waals surface area contributed by atoms with Crippen molar-refractivity contribution in [3.63, 3.8) is 0 Å². The van der Waals surface area contributed by atoms with Gasteiger partial charge in [0.1, 0.15) is 5.76 Å². The molecule has 8 heteroatoms. The molecule has 0 aliphatic carbocycles. The molecule has 130 valence electrons. The van der Waals surface area contributed by atoms with Crippen molar-refractivity contribution in [2.75, 3.05) is 18.1 Å². The van der Waals surface area contributed by atoms with Gasteiger partial charge in [-0.2, -0.15) is 0 Å². The van der Waals surface area contributed by atoms with Crippen LogP contribution in [0.3, 0.4) is 0 Å². The molecular formula is C16H21N3O3S2. The zero-order chi connectivity index (χ0) is 16.8. The van der Waals surface area contributed by atoms with E-state index in [1.54, 1.807) is 17.6 Å². The van der Waals surface area contributed by atoms with Gasteiger partial charge in [-0.15, -0.1) is 11.3 Å². The van der Waals surface area contributed by atoms with Crippen molar-refractivity contribution in [1.82, 2.24) is 10.6 Å². The highest BCUT2D eigenvalue weighted by Gasteiger charge is 2.28. The maximum Gasteiger partial charge on any atom is 0.191 e. The van der Waals surface area contributed by atoms with Gasteiger partial charge in [0.25, 0.3) is 0 Å². The van der Waals surface area contributed by atoms with Gasteiger partial charge in [-0.25, -0.2) is 13.4 Å². The second-order valence-electron chi connectivity index (χ2n) is 5.74. The van der Waals surface area contributed by atoms with Gasteiger partial charge >= 0.3 is 0 Å². The first-order chi connectivity index (χ1) is 11.6. The van der Waals surface area contributed by atoms with Crippen LogP contribution in [0.4, 0.5) is 0 Å². The lowest BCUT2D eigenvalue weighted by Gasteiger charge is -2.16. The molecule has 0 bridgehead atoms. The molecule has 24 heavy (non-hydrogen) atoms. The zero-order valence-corrected chi connectivity index (χ0v) is 14.9. The van der Waals surface area contributed by atoms with E-state index in [0.717, 1.165) is 12.2 Å². The summed E-state index contributed by atoms with van der Waals surface area (Å²) in [5.74, 6) is 1.97. The summed E-state index contributed by atoms with van der Waals surface area (Å²) in [7, 11) is -2.91. The smallest absolute Gasteiger partial charge is 0.191 e. The van der Waals surface area contributed by atoms with Crippen LogP contribution < -0.4 is 10.6 Å². The van der Waals surface area contributed by atoms with E-state index >= 15 is 0 Å². The maximum absolute atomic E-state index is 11.6. The van der Waals surface area contributed by atoms with Crippen LogP contribution in [-0.4, -0.2) is 38.5 Å². The van der Waals surface area contributed by atoms with Crippen LogP contribution in [0.15, 0.2) is 45.3 Å². The number of sulfone groups is 1. The van der Waals surface area contributed by atoms with E-state index in [4.69, 9.17) is 4.42 Å². The third-order valence-electron chi connectivity index (χ3n) is 3.79. The molecule has 3 rings (SSSR count). The number of hydrogen-bond donors (Lipinski definition) is 2. The topological polar surface area (TPSA) is 83.7 Å². The Kier molecular flexibility index (Phi) is 5.57. The molecule has 1 aliphatic rings. The van der Waals surface area contributed by atoms with Crippen LogP contribution in [0, 0.1) is 0 Å². The standard InChI is InChI=1S/C16H21N3O3S2/c20-24(21)10-6-13(12-24)19-16(18-11-15-4-2-9-23-15)17-7-5-14-3-1-8-22-14/h1-4,8-9,13H,5-7,10-12H2,(H2,17,18,19). The van der Waals surface area contributed by atoms with Crippen molar-refractivity contribution in [2.45, 2.75) is 25.4 Å². The molecule has 2 N–H and O–H groups in total. The lowest BCUT2D eigenvalue weighted by molar-refractivity contribution is 0.506. The van der Waals surface area contributed by atoms with E-state index in [-0.39, 0.29) is 17.5 Å². The molecule has 1 unspecified atom stereocenters. The molecular weight excluding hydrogens is 346 g/mol. The van der Waals surface area contributed by atoms with Gasteiger partial charge in [0.05, 0.1) is 24.3 Å². The van der Waals surface area contributed by atoms with Gasteiger partial charge in [0, 0.05) is 23.9 Å². The van der Waals surface area contributed by atoms with Gasteiger partial charge in [0.2, 0.25) is 0 Å². The Morgan fingerprint density at radius 2 is 2.29 bits per heavy atom. The summed E-state index contributed by atoms with van der Waals surface area (Å²) < 4.78 is 28.6. The molecule has 2 aromatic heterocycles. The Morgan fingerprint density at radius 1 is 1.38 bits per heavy atom. The molecule has 0 radical (unpaired) electrons. The predicted octanol–water partition coefficient (Wildman–Crippen LogP) is 1.81. The fraction of sp³-hybridized carbons (Fsp3) is 0.438. The summed E-state index contributed by atoms with van der Waals surface area (Å²) in [6.07, 6.45) is 3.03. The zero-order valence-electron chi connectivity index (χ0n) is 13.3. The second-order valence-corrected chi connectivity index (χ2v) is 9.01. The Hall–Kier alpha value is -1.80. The maximum atomic E-state index is 11.6. The minimum Gasteiger partial charge on any atom is -0.469 e. The number of nitrogens with zero attached hydrogens (tertiary/aromatic N) is 1. The summed E-state index contributed by atoms with van der Waals surface area (Å²) in [6.45, 7) is 1.25. The fourth-order valence-electron chi connectivity index (χ4n) is 2.57. The monoisotopic (exact) mass is 367 g/mol.